The third-order valence-corrected chi connectivity index (χ3v) is 4.09. The van der Waals surface area contributed by atoms with Crippen molar-refractivity contribution in [2.75, 3.05) is 0 Å². The first kappa shape index (κ1) is 15.8. The van der Waals surface area contributed by atoms with Gasteiger partial charge in [0.2, 0.25) is 0 Å². The molecule has 0 aliphatic carbocycles. The highest BCUT2D eigenvalue weighted by molar-refractivity contribution is 7.90. The largest absolute Gasteiger partial charge is 0.282 e. The Balaban J connectivity index is 2.39. The summed E-state index contributed by atoms with van der Waals surface area (Å²) in [6, 6.07) is 8.81. The number of hydrogen-bond donors (Lipinski definition) is 0. The summed E-state index contributed by atoms with van der Waals surface area (Å²) >= 11 is 0. The van der Waals surface area contributed by atoms with Crippen LogP contribution in [0.2, 0.25) is 0 Å². The van der Waals surface area contributed by atoms with Crippen molar-refractivity contribution in [1.82, 2.24) is 0 Å². The number of halogens is 1. The molecule has 0 heterocycles. The van der Waals surface area contributed by atoms with E-state index in [0.29, 0.717) is 6.07 Å². The van der Waals surface area contributed by atoms with Crippen LogP contribution in [0.4, 0.5) is 10.1 Å². The Hall–Kier alpha value is -2.61. The van der Waals surface area contributed by atoms with Crippen molar-refractivity contribution in [3.63, 3.8) is 0 Å². The molecular weight excluding hydrogens is 311 g/mol. The predicted octanol–water partition coefficient (Wildman–Crippen LogP) is 2.85. The summed E-state index contributed by atoms with van der Waals surface area (Å²) in [5.41, 5.74) is 0.238. The molecule has 0 fully saturated rings. The molecule has 2 aromatic rings. The standard InChI is InChI=1S/C14H11FN2O4S/c1-10-2-6-13(7-3-10)22(20,21)16-9-11-4-5-12(15)8-14(11)17(18)19/h2-9H,1H3/b16-9+. The zero-order valence-electron chi connectivity index (χ0n) is 11.4. The third-order valence-electron chi connectivity index (χ3n) is 2.84. The normalized spacial score (nSPS) is 11.7. The van der Waals surface area contributed by atoms with Crippen molar-refractivity contribution in [1.29, 1.82) is 0 Å². The molecule has 2 aromatic carbocycles. The number of aryl methyl sites for hydroxylation is 1. The molecule has 22 heavy (non-hydrogen) atoms. The second kappa shape index (κ2) is 6.02. The molecule has 6 nitrogen and oxygen atoms in total. The molecule has 0 saturated carbocycles. The van der Waals surface area contributed by atoms with Crippen LogP contribution in [0, 0.1) is 22.9 Å². The highest BCUT2D eigenvalue weighted by atomic mass is 32.2. The van der Waals surface area contributed by atoms with Gasteiger partial charge in [-0.3, -0.25) is 10.1 Å². The van der Waals surface area contributed by atoms with Crippen LogP contribution < -0.4 is 0 Å². The van der Waals surface area contributed by atoms with Crippen LogP contribution in [0.3, 0.4) is 0 Å². The van der Waals surface area contributed by atoms with Gasteiger partial charge in [-0.15, -0.1) is 0 Å². The van der Waals surface area contributed by atoms with E-state index < -0.39 is 26.5 Å². The lowest BCUT2D eigenvalue weighted by Gasteiger charge is -2.00. The fourth-order valence-electron chi connectivity index (χ4n) is 1.68. The number of rotatable bonds is 4. The summed E-state index contributed by atoms with van der Waals surface area (Å²) in [4.78, 5) is 10.0. The lowest BCUT2D eigenvalue weighted by molar-refractivity contribution is -0.385. The Morgan fingerprint density at radius 1 is 1.18 bits per heavy atom. The molecular formula is C14H11FN2O4S. The summed E-state index contributed by atoms with van der Waals surface area (Å²) in [5.74, 6) is -0.787. The van der Waals surface area contributed by atoms with E-state index in [4.69, 9.17) is 0 Å². The first-order chi connectivity index (χ1) is 10.3. The highest BCUT2D eigenvalue weighted by Crippen LogP contribution is 2.19. The molecule has 114 valence electrons. The first-order valence-corrected chi connectivity index (χ1v) is 7.54. The Kier molecular flexibility index (Phi) is 4.32. The molecule has 0 aliphatic heterocycles. The van der Waals surface area contributed by atoms with Gasteiger partial charge in [-0.25, -0.2) is 4.39 Å². The van der Waals surface area contributed by atoms with E-state index in [2.05, 4.69) is 4.40 Å². The Morgan fingerprint density at radius 2 is 1.82 bits per heavy atom. The Labute approximate surface area is 126 Å². The molecule has 8 heteroatoms. The van der Waals surface area contributed by atoms with Crippen LogP contribution in [-0.2, 0) is 10.0 Å². The van der Waals surface area contributed by atoms with E-state index in [1.807, 2.05) is 6.92 Å². The maximum atomic E-state index is 13.0. The molecule has 0 atom stereocenters. The van der Waals surface area contributed by atoms with Gasteiger partial charge in [0.1, 0.15) is 5.82 Å². The minimum Gasteiger partial charge on any atom is -0.258 e. The van der Waals surface area contributed by atoms with Crippen molar-refractivity contribution >= 4 is 21.9 Å². The SMILES string of the molecule is Cc1ccc(S(=O)(=O)/N=C/c2ccc(F)cc2[N+](=O)[O-])cc1. The maximum Gasteiger partial charge on any atom is 0.282 e. The second-order valence-electron chi connectivity index (χ2n) is 4.48. The minimum absolute atomic E-state index is 0.0286. The van der Waals surface area contributed by atoms with Gasteiger partial charge in [0.25, 0.3) is 15.7 Å². The van der Waals surface area contributed by atoms with Gasteiger partial charge in [0, 0.05) is 0 Å². The third kappa shape index (κ3) is 3.53. The van der Waals surface area contributed by atoms with Gasteiger partial charge >= 0.3 is 0 Å². The highest BCUT2D eigenvalue weighted by Gasteiger charge is 2.16. The average Bonchev–Trinajstić information content (AvgIpc) is 2.46. The average molecular weight is 322 g/mol. The predicted molar refractivity (Wildman–Crippen MR) is 79.0 cm³/mol. The van der Waals surface area contributed by atoms with Gasteiger partial charge in [-0.05, 0) is 31.2 Å². The summed E-state index contributed by atoms with van der Waals surface area (Å²) in [6.45, 7) is 1.81. The molecule has 0 radical (unpaired) electrons. The molecule has 0 aliphatic rings. The van der Waals surface area contributed by atoms with E-state index in [-0.39, 0.29) is 10.5 Å². The Bertz CT molecular complexity index is 846. The zero-order valence-corrected chi connectivity index (χ0v) is 12.2. The summed E-state index contributed by atoms with van der Waals surface area (Å²) in [5, 5.41) is 10.8. The molecule has 2 rings (SSSR count). The molecule has 0 saturated heterocycles. The number of nitro groups is 1. The van der Waals surface area contributed by atoms with E-state index in [0.717, 1.165) is 23.9 Å². The van der Waals surface area contributed by atoms with Gasteiger partial charge in [-0.1, -0.05) is 17.7 Å². The van der Waals surface area contributed by atoms with Gasteiger partial charge in [-0.2, -0.15) is 12.8 Å². The van der Waals surface area contributed by atoms with Gasteiger partial charge < -0.3 is 0 Å². The van der Waals surface area contributed by atoms with Crippen LogP contribution in [0.5, 0.6) is 0 Å². The van der Waals surface area contributed by atoms with Crippen molar-refractivity contribution in [3.8, 4) is 0 Å². The van der Waals surface area contributed by atoms with Gasteiger partial charge in [0.05, 0.1) is 27.7 Å². The monoisotopic (exact) mass is 322 g/mol. The van der Waals surface area contributed by atoms with Crippen LogP contribution in [0.1, 0.15) is 11.1 Å². The van der Waals surface area contributed by atoms with Crippen molar-refractivity contribution in [2.45, 2.75) is 11.8 Å². The second-order valence-corrected chi connectivity index (χ2v) is 6.12. The Morgan fingerprint density at radius 3 is 2.41 bits per heavy atom. The molecule has 0 amide bonds. The van der Waals surface area contributed by atoms with Crippen LogP contribution in [-0.4, -0.2) is 19.6 Å². The quantitative estimate of drug-likeness (QED) is 0.492. The number of hydrogen-bond acceptors (Lipinski definition) is 4. The lowest BCUT2D eigenvalue weighted by Crippen LogP contribution is -2.00. The van der Waals surface area contributed by atoms with Crippen LogP contribution >= 0.6 is 0 Å². The van der Waals surface area contributed by atoms with E-state index in [1.165, 1.54) is 12.1 Å². The summed E-state index contributed by atoms with van der Waals surface area (Å²) in [7, 11) is -3.97. The van der Waals surface area contributed by atoms with Crippen LogP contribution in [0.25, 0.3) is 0 Å². The van der Waals surface area contributed by atoms with E-state index >= 15 is 0 Å². The number of benzene rings is 2. The molecule has 0 bridgehead atoms. The lowest BCUT2D eigenvalue weighted by atomic mass is 10.2. The summed E-state index contributed by atoms with van der Waals surface area (Å²) < 4.78 is 40.5. The van der Waals surface area contributed by atoms with Crippen molar-refractivity contribution < 1.29 is 17.7 Å². The summed E-state index contributed by atoms with van der Waals surface area (Å²) in [6.07, 6.45) is 0.840. The smallest absolute Gasteiger partial charge is 0.258 e. The number of nitrogens with zero attached hydrogens (tertiary/aromatic N) is 2. The first-order valence-electron chi connectivity index (χ1n) is 6.10. The molecule has 0 spiro atoms. The topological polar surface area (TPSA) is 89.6 Å². The molecule has 0 unspecified atom stereocenters. The fraction of sp³-hybridized carbons (Fsp3) is 0.0714. The molecule has 0 aromatic heterocycles. The van der Waals surface area contributed by atoms with E-state index in [9.17, 15) is 22.9 Å². The number of nitro benzene ring substituents is 1. The number of sulfonamides is 1. The zero-order chi connectivity index (χ0) is 16.3. The van der Waals surface area contributed by atoms with Crippen molar-refractivity contribution in [2.24, 2.45) is 4.40 Å². The molecule has 0 N–H and O–H groups in total. The minimum atomic E-state index is -3.97. The maximum absolute atomic E-state index is 13.0. The fourth-order valence-corrected chi connectivity index (χ4v) is 2.54. The van der Waals surface area contributed by atoms with Crippen LogP contribution in [0.15, 0.2) is 51.8 Å². The van der Waals surface area contributed by atoms with Crippen molar-refractivity contribution in [3.05, 3.63) is 69.5 Å². The van der Waals surface area contributed by atoms with E-state index in [1.54, 1.807) is 12.1 Å². The van der Waals surface area contributed by atoms with Gasteiger partial charge in [0.15, 0.2) is 0 Å².